The SMILES string of the molecule is C1CCCCC1.C1CCCCC1.C1CCCCC1.C1CCCCC1.C1CCCCC1.C1CCCCC1.C1CCCCC1.C1CCCCC1.C1CCCCC1.ClC(Cl)C1CCCCC1. The molecule has 0 atom stereocenters. The van der Waals surface area contributed by atoms with E-state index in [0.717, 1.165) is 0 Å². The molecule has 10 fully saturated rings. The molecule has 0 N–H and O–H groups in total. The number of rotatable bonds is 1. The molecule has 378 valence electrons. The predicted molar refractivity (Wildman–Crippen MR) is 291 cm³/mol. The first-order valence-corrected chi connectivity index (χ1v) is 31.5. The minimum Gasteiger partial charge on any atom is -0.105 e. The third-order valence-corrected chi connectivity index (χ3v) is 16.2. The third-order valence-electron chi connectivity index (χ3n) is 15.5. The van der Waals surface area contributed by atoms with Gasteiger partial charge in [0.1, 0.15) is 4.84 Å². The Balaban J connectivity index is 0.000000351. The van der Waals surface area contributed by atoms with Gasteiger partial charge in [-0.25, -0.2) is 0 Å². The van der Waals surface area contributed by atoms with Crippen molar-refractivity contribution in [3.63, 3.8) is 0 Å². The fourth-order valence-electron chi connectivity index (χ4n) is 10.9. The Morgan fingerprint density at radius 3 is 0.286 bits per heavy atom. The van der Waals surface area contributed by atoms with E-state index in [-0.39, 0.29) is 4.84 Å². The topological polar surface area (TPSA) is 0 Å². The average Bonchev–Trinajstić information content (AvgIpc) is 3.43. The molecule has 0 nitrogen and oxygen atoms in total. The molecule has 0 heterocycles. The average molecular weight is 925 g/mol. The van der Waals surface area contributed by atoms with E-state index < -0.39 is 0 Å². The molecule has 10 aliphatic rings. The van der Waals surface area contributed by atoms with Crippen molar-refractivity contribution in [2.24, 2.45) is 5.92 Å². The van der Waals surface area contributed by atoms with E-state index in [1.54, 1.807) is 0 Å². The number of hydrogen-bond acceptors (Lipinski definition) is 0. The smallest absolute Gasteiger partial charge is 0.105 e. The molecule has 2 heteroatoms. The molecule has 63 heavy (non-hydrogen) atoms. The van der Waals surface area contributed by atoms with Crippen molar-refractivity contribution in [1.29, 1.82) is 0 Å². The first-order valence-electron chi connectivity index (χ1n) is 30.6. The van der Waals surface area contributed by atoms with Gasteiger partial charge in [-0.3, -0.25) is 0 Å². The van der Waals surface area contributed by atoms with E-state index in [1.807, 2.05) is 0 Å². The molecule has 0 aliphatic heterocycles. The third kappa shape index (κ3) is 51.8. The molecule has 0 unspecified atom stereocenters. The summed E-state index contributed by atoms with van der Waals surface area (Å²) in [5.41, 5.74) is 0. The molecule has 10 saturated carbocycles. The van der Waals surface area contributed by atoms with E-state index in [2.05, 4.69) is 0 Å². The molecule has 0 radical (unpaired) electrons. The highest BCUT2D eigenvalue weighted by Gasteiger charge is 2.19. The zero-order chi connectivity index (χ0) is 44.9. The molecule has 0 bridgehead atoms. The number of hydrogen-bond donors (Lipinski definition) is 0. The Morgan fingerprint density at radius 1 is 0.143 bits per heavy atom. The standard InChI is InChI=1S/C7H12Cl2.9C6H12/c8-7(9)6-4-2-1-3-5-6;9*1-2-4-6-5-3-1/h6-7H,1-5H2;9*1-6H2. The normalized spacial score (nSPS) is 23.9. The highest BCUT2D eigenvalue weighted by molar-refractivity contribution is 6.44. The lowest BCUT2D eigenvalue weighted by atomic mass is 9.91. The van der Waals surface area contributed by atoms with Crippen LogP contribution in [0.3, 0.4) is 0 Å². The maximum absolute atomic E-state index is 5.72. The summed E-state index contributed by atoms with van der Waals surface area (Å²) in [6, 6.07) is 0. The molecule has 0 spiro atoms. The van der Waals surface area contributed by atoms with Crippen molar-refractivity contribution >= 4 is 23.2 Å². The van der Waals surface area contributed by atoms with Crippen LogP contribution >= 0.6 is 23.2 Å². The van der Waals surface area contributed by atoms with Gasteiger partial charge in [0.2, 0.25) is 0 Å². The lowest BCUT2D eigenvalue weighted by molar-refractivity contribution is 0.376. The quantitative estimate of drug-likeness (QED) is 0.230. The van der Waals surface area contributed by atoms with Gasteiger partial charge in [0.25, 0.3) is 0 Å². The molecular formula is C61H120Cl2. The van der Waals surface area contributed by atoms with E-state index in [1.165, 1.54) is 379 Å². The Morgan fingerprint density at radius 2 is 0.222 bits per heavy atom. The van der Waals surface area contributed by atoms with Crippen LogP contribution in [0.25, 0.3) is 0 Å². The Labute approximate surface area is 410 Å². The Kier molecular flexibility index (Phi) is 53.9. The van der Waals surface area contributed by atoms with Crippen LogP contribution in [-0.4, -0.2) is 4.84 Å². The largest absolute Gasteiger partial charge is 0.110 e. The highest BCUT2D eigenvalue weighted by Crippen LogP contribution is 2.31. The van der Waals surface area contributed by atoms with Gasteiger partial charge in [-0.05, 0) is 18.8 Å². The van der Waals surface area contributed by atoms with Crippen molar-refractivity contribution in [3.05, 3.63) is 0 Å². The van der Waals surface area contributed by atoms with Gasteiger partial charge in [-0.15, -0.1) is 23.2 Å². The van der Waals surface area contributed by atoms with Crippen LogP contribution in [0.15, 0.2) is 0 Å². The summed E-state index contributed by atoms with van der Waals surface area (Å²) < 4.78 is 0. The lowest BCUT2D eigenvalue weighted by Crippen LogP contribution is -2.12. The number of alkyl halides is 2. The van der Waals surface area contributed by atoms with E-state index >= 15 is 0 Å². The van der Waals surface area contributed by atoms with Crippen LogP contribution in [0.2, 0.25) is 0 Å². The van der Waals surface area contributed by atoms with Crippen molar-refractivity contribution in [3.8, 4) is 0 Å². The van der Waals surface area contributed by atoms with Crippen molar-refractivity contribution in [2.45, 2.75) is 384 Å². The summed E-state index contributed by atoms with van der Waals surface area (Å²) in [6.07, 6.45) is 87.5. The molecular weight excluding hydrogens is 804 g/mol. The minimum atomic E-state index is -0.120. The van der Waals surface area contributed by atoms with Crippen molar-refractivity contribution in [2.75, 3.05) is 0 Å². The van der Waals surface area contributed by atoms with Crippen LogP contribution in [0.1, 0.15) is 379 Å². The van der Waals surface area contributed by atoms with E-state index in [0.29, 0.717) is 5.92 Å². The van der Waals surface area contributed by atoms with Gasteiger partial charge < -0.3 is 0 Å². The first kappa shape index (κ1) is 61.6. The molecule has 0 amide bonds. The second-order valence-corrected chi connectivity index (χ2v) is 23.0. The molecule has 0 aromatic rings. The maximum Gasteiger partial charge on any atom is 0.110 e. The predicted octanol–water partition coefficient (Wildman–Crippen LogP) is 24.4. The second-order valence-electron chi connectivity index (χ2n) is 21.8. The zero-order valence-electron chi connectivity index (χ0n) is 43.6. The Hall–Kier alpha value is 0.580. The van der Waals surface area contributed by atoms with Gasteiger partial charge in [0, 0.05) is 0 Å². The summed E-state index contributed by atoms with van der Waals surface area (Å²) in [5, 5.41) is 0. The van der Waals surface area contributed by atoms with Gasteiger partial charge in [0.15, 0.2) is 0 Å². The fraction of sp³-hybridized carbons (Fsp3) is 1.00. The highest BCUT2D eigenvalue weighted by atomic mass is 35.5. The summed E-state index contributed by atoms with van der Waals surface area (Å²) in [7, 11) is 0. The summed E-state index contributed by atoms with van der Waals surface area (Å²) in [6.45, 7) is 0. The fourth-order valence-corrected chi connectivity index (χ4v) is 11.4. The van der Waals surface area contributed by atoms with E-state index in [4.69, 9.17) is 23.2 Å². The summed E-state index contributed by atoms with van der Waals surface area (Å²) in [5.74, 6) is 0.585. The second kappa shape index (κ2) is 55.2. The van der Waals surface area contributed by atoms with Crippen LogP contribution in [-0.2, 0) is 0 Å². The van der Waals surface area contributed by atoms with Gasteiger partial charge in [-0.1, -0.05) is 366 Å². The van der Waals surface area contributed by atoms with Crippen LogP contribution in [0.5, 0.6) is 0 Å². The van der Waals surface area contributed by atoms with Gasteiger partial charge in [-0.2, -0.15) is 0 Å². The molecule has 0 saturated heterocycles. The lowest BCUT2D eigenvalue weighted by Gasteiger charge is -2.21. The van der Waals surface area contributed by atoms with Crippen LogP contribution in [0.4, 0.5) is 0 Å². The zero-order valence-corrected chi connectivity index (χ0v) is 45.1. The monoisotopic (exact) mass is 923 g/mol. The first-order chi connectivity index (χ1) is 31.3. The van der Waals surface area contributed by atoms with Crippen LogP contribution < -0.4 is 0 Å². The van der Waals surface area contributed by atoms with Crippen molar-refractivity contribution < 1.29 is 0 Å². The summed E-state index contributed by atoms with van der Waals surface area (Å²) in [4.78, 5) is -0.120. The van der Waals surface area contributed by atoms with Gasteiger partial charge >= 0.3 is 0 Å². The van der Waals surface area contributed by atoms with Gasteiger partial charge in [0.05, 0.1) is 0 Å². The van der Waals surface area contributed by atoms with Crippen molar-refractivity contribution in [1.82, 2.24) is 0 Å². The minimum absolute atomic E-state index is 0.120. The molecule has 0 aromatic carbocycles. The Bertz CT molecular complexity index is 477. The molecule has 0 aromatic heterocycles. The summed E-state index contributed by atoms with van der Waals surface area (Å²) >= 11 is 11.4. The van der Waals surface area contributed by atoms with Crippen LogP contribution in [0, 0.1) is 5.92 Å². The van der Waals surface area contributed by atoms with E-state index in [9.17, 15) is 0 Å². The molecule has 10 aliphatic carbocycles. The number of halogens is 2. The molecule has 10 rings (SSSR count). The maximum atomic E-state index is 5.72.